The summed E-state index contributed by atoms with van der Waals surface area (Å²) in [6.45, 7) is 1.62. The topological polar surface area (TPSA) is 54.2 Å². The van der Waals surface area contributed by atoms with Crippen molar-refractivity contribution in [3.63, 3.8) is 0 Å². The van der Waals surface area contributed by atoms with Crippen LogP contribution in [0.5, 0.6) is 0 Å². The molecule has 1 N–H and O–H groups in total. The van der Waals surface area contributed by atoms with Gasteiger partial charge >= 0.3 is 0 Å². The summed E-state index contributed by atoms with van der Waals surface area (Å²) in [5, 5.41) is 14.6. The van der Waals surface area contributed by atoms with Gasteiger partial charge in [-0.2, -0.15) is 0 Å². The van der Waals surface area contributed by atoms with Crippen LogP contribution in [0.2, 0.25) is 0 Å². The Morgan fingerprint density at radius 1 is 1.23 bits per heavy atom. The highest BCUT2D eigenvalue weighted by molar-refractivity contribution is 5.29. The molecule has 5 nitrogen and oxygen atoms in total. The smallest absolute Gasteiger partial charge is 0.164 e. The van der Waals surface area contributed by atoms with Crippen LogP contribution in [0.4, 0.5) is 0 Å². The number of nitrogens with zero attached hydrogens (tertiary/aromatic N) is 4. The molecule has 1 fully saturated rings. The van der Waals surface area contributed by atoms with Gasteiger partial charge in [0, 0.05) is 6.54 Å². The van der Waals surface area contributed by atoms with Crippen LogP contribution in [0.25, 0.3) is 5.69 Å². The van der Waals surface area contributed by atoms with Crippen molar-refractivity contribution in [2.45, 2.75) is 38.3 Å². The third-order valence-electron chi connectivity index (χ3n) is 4.39. The fourth-order valence-corrected chi connectivity index (χ4v) is 3.18. The molecule has 0 radical (unpaired) electrons. The summed E-state index contributed by atoms with van der Waals surface area (Å²) in [5.41, 5.74) is 1.02. The van der Waals surface area contributed by atoms with E-state index in [2.05, 4.69) is 22.0 Å². The van der Waals surface area contributed by atoms with Crippen LogP contribution in [-0.4, -0.2) is 44.5 Å². The molecule has 22 heavy (non-hydrogen) atoms. The standard InChI is InChI=1S/C17H24N4O/c1-20(11-14-7-5-6-10-16(14)22)12-17-18-13-21(19-17)15-8-3-2-4-9-15/h2-4,8-9,13-14,16,22H,5-7,10-12H2,1H3. The van der Waals surface area contributed by atoms with Crippen molar-refractivity contribution in [2.24, 2.45) is 5.92 Å². The van der Waals surface area contributed by atoms with Gasteiger partial charge in [0.2, 0.25) is 0 Å². The first-order chi connectivity index (χ1) is 10.7. The average Bonchev–Trinajstić information content (AvgIpc) is 2.99. The Morgan fingerprint density at radius 2 is 2.00 bits per heavy atom. The van der Waals surface area contributed by atoms with Crippen molar-refractivity contribution in [1.29, 1.82) is 0 Å². The maximum Gasteiger partial charge on any atom is 0.164 e. The molecule has 0 aliphatic heterocycles. The zero-order chi connectivity index (χ0) is 15.4. The zero-order valence-electron chi connectivity index (χ0n) is 13.1. The number of hydrogen-bond donors (Lipinski definition) is 1. The predicted octanol–water partition coefficient (Wildman–Crippen LogP) is 2.25. The number of aromatic nitrogens is 3. The SMILES string of the molecule is CN(Cc1ncn(-c2ccccc2)n1)CC1CCCCC1O. The van der Waals surface area contributed by atoms with E-state index in [1.54, 1.807) is 11.0 Å². The maximum atomic E-state index is 10.1. The molecule has 3 rings (SSSR count). The lowest BCUT2D eigenvalue weighted by molar-refractivity contribution is 0.0497. The van der Waals surface area contributed by atoms with Crippen molar-refractivity contribution in [2.75, 3.05) is 13.6 Å². The molecule has 1 aliphatic rings. The van der Waals surface area contributed by atoms with Crippen LogP contribution in [0.15, 0.2) is 36.7 Å². The minimum atomic E-state index is -0.147. The second kappa shape index (κ2) is 7.03. The molecule has 2 unspecified atom stereocenters. The van der Waals surface area contributed by atoms with E-state index in [0.717, 1.165) is 37.3 Å². The number of para-hydroxylation sites is 1. The molecule has 0 saturated heterocycles. The second-order valence-electron chi connectivity index (χ2n) is 6.25. The van der Waals surface area contributed by atoms with Crippen molar-refractivity contribution < 1.29 is 5.11 Å². The normalized spacial score (nSPS) is 22.1. The first-order valence-corrected chi connectivity index (χ1v) is 8.05. The van der Waals surface area contributed by atoms with E-state index in [1.165, 1.54) is 6.42 Å². The van der Waals surface area contributed by atoms with Crippen molar-refractivity contribution in [3.05, 3.63) is 42.5 Å². The van der Waals surface area contributed by atoms with E-state index >= 15 is 0 Å². The van der Waals surface area contributed by atoms with Crippen LogP contribution < -0.4 is 0 Å². The van der Waals surface area contributed by atoms with E-state index in [1.807, 2.05) is 30.3 Å². The highest BCUT2D eigenvalue weighted by Gasteiger charge is 2.24. The van der Waals surface area contributed by atoms with Gasteiger partial charge in [0.1, 0.15) is 6.33 Å². The summed E-state index contributed by atoms with van der Waals surface area (Å²) in [6.07, 6.45) is 6.07. The summed E-state index contributed by atoms with van der Waals surface area (Å²) < 4.78 is 1.80. The number of rotatable bonds is 5. The van der Waals surface area contributed by atoms with E-state index in [0.29, 0.717) is 12.5 Å². The van der Waals surface area contributed by atoms with E-state index in [9.17, 15) is 5.11 Å². The van der Waals surface area contributed by atoms with Gasteiger partial charge < -0.3 is 5.11 Å². The Labute approximate surface area is 131 Å². The zero-order valence-corrected chi connectivity index (χ0v) is 13.1. The van der Waals surface area contributed by atoms with E-state index in [-0.39, 0.29) is 6.10 Å². The maximum absolute atomic E-state index is 10.1. The van der Waals surface area contributed by atoms with Gasteiger partial charge in [0.25, 0.3) is 0 Å². The quantitative estimate of drug-likeness (QED) is 0.920. The molecule has 0 bridgehead atoms. The Balaban J connectivity index is 1.58. The molecule has 1 heterocycles. The Kier molecular flexibility index (Phi) is 4.85. The lowest BCUT2D eigenvalue weighted by atomic mass is 9.86. The lowest BCUT2D eigenvalue weighted by Gasteiger charge is -2.30. The molecule has 0 amide bonds. The van der Waals surface area contributed by atoms with Crippen LogP contribution in [0.1, 0.15) is 31.5 Å². The van der Waals surface area contributed by atoms with Crippen LogP contribution in [0.3, 0.4) is 0 Å². The minimum Gasteiger partial charge on any atom is -0.393 e. The van der Waals surface area contributed by atoms with E-state index < -0.39 is 0 Å². The Hall–Kier alpha value is -1.72. The number of hydrogen-bond acceptors (Lipinski definition) is 4. The monoisotopic (exact) mass is 300 g/mol. The summed E-state index contributed by atoms with van der Waals surface area (Å²) in [5.74, 6) is 1.20. The molecule has 0 spiro atoms. The van der Waals surface area contributed by atoms with Crippen molar-refractivity contribution in [3.8, 4) is 5.69 Å². The van der Waals surface area contributed by atoms with Crippen LogP contribution >= 0.6 is 0 Å². The highest BCUT2D eigenvalue weighted by Crippen LogP contribution is 2.25. The molecule has 5 heteroatoms. The van der Waals surface area contributed by atoms with Gasteiger partial charge in [0.05, 0.1) is 18.3 Å². The summed E-state index contributed by atoms with van der Waals surface area (Å²) in [6, 6.07) is 10.0. The minimum absolute atomic E-state index is 0.147. The number of benzene rings is 1. The number of aliphatic hydroxyl groups excluding tert-OH is 1. The molecule has 118 valence electrons. The average molecular weight is 300 g/mol. The highest BCUT2D eigenvalue weighted by atomic mass is 16.3. The fourth-order valence-electron chi connectivity index (χ4n) is 3.18. The third-order valence-corrected chi connectivity index (χ3v) is 4.39. The van der Waals surface area contributed by atoms with Gasteiger partial charge in [-0.1, -0.05) is 31.0 Å². The Morgan fingerprint density at radius 3 is 2.77 bits per heavy atom. The molecule has 1 aliphatic carbocycles. The molecular formula is C17H24N4O. The summed E-state index contributed by atoms with van der Waals surface area (Å²) in [7, 11) is 2.07. The molecule has 2 aromatic rings. The lowest BCUT2D eigenvalue weighted by Crippen LogP contribution is -2.35. The van der Waals surface area contributed by atoms with Gasteiger partial charge in [-0.25, -0.2) is 9.67 Å². The molecule has 1 saturated carbocycles. The summed E-state index contributed by atoms with van der Waals surface area (Å²) in [4.78, 5) is 6.60. The molecule has 2 atom stereocenters. The first kappa shape index (κ1) is 15.2. The number of aliphatic hydroxyl groups is 1. The van der Waals surface area contributed by atoms with Crippen LogP contribution in [-0.2, 0) is 6.54 Å². The van der Waals surface area contributed by atoms with E-state index in [4.69, 9.17) is 0 Å². The van der Waals surface area contributed by atoms with Gasteiger partial charge in [-0.05, 0) is 37.9 Å². The van der Waals surface area contributed by atoms with Gasteiger partial charge in [-0.3, -0.25) is 4.90 Å². The van der Waals surface area contributed by atoms with Gasteiger partial charge in [-0.15, -0.1) is 5.10 Å². The van der Waals surface area contributed by atoms with Crippen LogP contribution in [0, 0.1) is 5.92 Å². The first-order valence-electron chi connectivity index (χ1n) is 8.05. The third kappa shape index (κ3) is 3.72. The largest absolute Gasteiger partial charge is 0.393 e. The summed E-state index contributed by atoms with van der Waals surface area (Å²) >= 11 is 0. The second-order valence-corrected chi connectivity index (χ2v) is 6.25. The molecule has 1 aromatic heterocycles. The Bertz CT molecular complexity index is 583. The molecule has 1 aromatic carbocycles. The van der Waals surface area contributed by atoms with Gasteiger partial charge in [0.15, 0.2) is 5.82 Å². The van der Waals surface area contributed by atoms with Crippen molar-refractivity contribution in [1.82, 2.24) is 19.7 Å². The predicted molar refractivity (Wildman–Crippen MR) is 85.7 cm³/mol. The fraction of sp³-hybridized carbons (Fsp3) is 0.529. The molecular weight excluding hydrogens is 276 g/mol. The van der Waals surface area contributed by atoms with Crippen molar-refractivity contribution >= 4 is 0 Å².